The first-order valence-electron chi connectivity index (χ1n) is 6.42. The molecule has 1 unspecified atom stereocenters. The third-order valence-corrected chi connectivity index (χ3v) is 3.40. The van der Waals surface area contributed by atoms with Gasteiger partial charge in [0.2, 0.25) is 0 Å². The molecule has 1 saturated carbocycles. The first-order chi connectivity index (χ1) is 6.68. The lowest BCUT2D eigenvalue weighted by Gasteiger charge is -2.17. The molecule has 0 spiro atoms. The molecule has 0 saturated heterocycles. The van der Waals surface area contributed by atoms with Crippen LogP contribution in [-0.2, 0) is 0 Å². The van der Waals surface area contributed by atoms with E-state index in [1.54, 1.807) is 0 Å². The summed E-state index contributed by atoms with van der Waals surface area (Å²) in [6.45, 7) is 8.06. The van der Waals surface area contributed by atoms with Gasteiger partial charge in [-0.1, -0.05) is 46.5 Å². The van der Waals surface area contributed by atoms with Crippen LogP contribution in [0.25, 0.3) is 0 Å². The van der Waals surface area contributed by atoms with Gasteiger partial charge in [-0.05, 0) is 31.2 Å². The van der Waals surface area contributed by atoms with E-state index >= 15 is 0 Å². The van der Waals surface area contributed by atoms with Crippen molar-refractivity contribution in [3.63, 3.8) is 0 Å². The highest BCUT2D eigenvalue weighted by molar-refractivity contribution is 4.70. The van der Waals surface area contributed by atoms with Crippen LogP contribution in [0, 0.1) is 11.8 Å². The lowest BCUT2D eigenvalue weighted by molar-refractivity contribution is 0.369. The highest BCUT2D eigenvalue weighted by Gasteiger charge is 2.17. The zero-order valence-electron chi connectivity index (χ0n) is 10.2. The van der Waals surface area contributed by atoms with Crippen LogP contribution in [0.3, 0.4) is 0 Å². The normalized spacial score (nSPS) is 20.6. The number of rotatable bonds is 6. The van der Waals surface area contributed by atoms with Crippen molar-refractivity contribution in [1.29, 1.82) is 0 Å². The van der Waals surface area contributed by atoms with E-state index in [9.17, 15) is 0 Å². The summed E-state index contributed by atoms with van der Waals surface area (Å²) in [5.74, 6) is 1.98. The number of hydrogen-bond acceptors (Lipinski definition) is 1. The molecule has 0 bridgehead atoms. The van der Waals surface area contributed by atoms with Crippen molar-refractivity contribution >= 4 is 0 Å². The van der Waals surface area contributed by atoms with Crippen molar-refractivity contribution in [3.05, 3.63) is 0 Å². The smallest absolute Gasteiger partial charge is 0.00103 e. The Hall–Kier alpha value is -0.0400. The molecule has 0 aromatic carbocycles. The van der Waals surface area contributed by atoms with E-state index < -0.39 is 0 Å². The highest BCUT2D eigenvalue weighted by Crippen LogP contribution is 2.30. The molecule has 1 aliphatic carbocycles. The van der Waals surface area contributed by atoms with Gasteiger partial charge in [0.05, 0.1) is 0 Å². The maximum Gasteiger partial charge on any atom is 0.00103 e. The van der Waals surface area contributed by atoms with Gasteiger partial charge in [-0.15, -0.1) is 0 Å². The van der Waals surface area contributed by atoms with Crippen LogP contribution >= 0.6 is 0 Å². The fourth-order valence-electron chi connectivity index (χ4n) is 2.55. The zero-order chi connectivity index (χ0) is 10.4. The molecule has 1 nitrogen and oxygen atoms in total. The van der Waals surface area contributed by atoms with Crippen LogP contribution in [0.4, 0.5) is 0 Å². The molecule has 1 heteroatoms. The summed E-state index contributed by atoms with van der Waals surface area (Å²) in [7, 11) is 0. The van der Waals surface area contributed by atoms with Crippen molar-refractivity contribution in [3.8, 4) is 0 Å². The van der Waals surface area contributed by atoms with Crippen LogP contribution < -0.4 is 5.32 Å². The second kappa shape index (κ2) is 6.44. The van der Waals surface area contributed by atoms with Gasteiger partial charge in [-0.25, -0.2) is 0 Å². The van der Waals surface area contributed by atoms with Crippen molar-refractivity contribution < 1.29 is 0 Å². The van der Waals surface area contributed by atoms with Crippen molar-refractivity contribution in [2.75, 3.05) is 6.54 Å². The molecule has 0 heterocycles. The Bertz CT molecular complexity index is 136. The summed E-state index contributed by atoms with van der Waals surface area (Å²) in [6, 6.07) is 0.647. The minimum absolute atomic E-state index is 0.647. The molecule has 1 fully saturated rings. The maximum atomic E-state index is 3.50. The molecule has 0 aliphatic heterocycles. The lowest BCUT2D eigenvalue weighted by Crippen LogP contribution is -2.25. The standard InChI is InChI=1S/C13H27N/c1-11(2)14-9-8-12(3)10-13-6-4-5-7-13/h11-14H,4-10H2,1-3H3. The fraction of sp³-hybridized carbons (Fsp3) is 1.00. The van der Waals surface area contributed by atoms with Gasteiger partial charge in [0.1, 0.15) is 0 Å². The van der Waals surface area contributed by atoms with E-state index in [0.29, 0.717) is 6.04 Å². The van der Waals surface area contributed by atoms with Crippen molar-refractivity contribution in [2.45, 2.75) is 65.3 Å². The summed E-state index contributed by atoms with van der Waals surface area (Å²) in [6.07, 6.45) is 8.81. The Morgan fingerprint density at radius 1 is 1.14 bits per heavy atom. The van der Waals surface area contributed by atoms with E-state index in [0.717, 1.165) is 11.8 Å². The molecular weight excluding hydrogens is 170 g/mol. The Balaban J connectivity index is 2.00. The van der Waals surface area contributed by atoms with Gasteiger partial charge in [0.15, 0.2) is 0 Å². The van der Waals surface area contributed by atoms with Crippen LogP contribution in [0.2, 0.25) is 0 Å². The third-order valence-electron chi connectivity index (χ3n) is 3.40. The lowest BCUT2D eigenvalue weighted by atomic mass is 9.92. The third kappa shape index (κ3) is 4.99. The molecule has 1 aliphatic rings. The molecule has 0 aromatic heterocycles. The monoisotopic (exact) mass is 197 g/mol. The second-order valence-corrected chi connectivity index (χ2v) is 5.39. The minimum Gasteiger partial charge on any atom is -0.315 e. The maximum absolute atomic E-state index is 3.50. The molecule has 0 amide bonds. The molecule has 0 radical (unpaired) electrons. The van der Waals surface area contributed by atoms with E-state index in [-0.39, 0.29) is 0 Å². The predicted octanol–water partition coefficient (Wildman–Crippen LogP) is 3.59. The average Bonchev–Trinajstić information content (AvgIpc) is 2.56. The molecule has 0 aromatic rings. The molecular formula is C13H27N. The molecule has 84 valence electrons. The summed E-state index contributed by atoms with van der Waals surface area (Å²) >= 11 is 0. The highest BCUT2D eigenvalue weighted by atomic mass is 14.9. The quantitative estimate of drug-likeness (QED) is 0.686. The average molecular weight is 197 g/mol. The SMILES string of the molecule is CC(CCNC(C)C)CC1CCCC1. The van der Waals surface area contributed by atoms with E-state index in [2.05, 4.69) is 26.1 Å². The van der Waals surface area contributed by atoms with Gasteiger partial charge in [-0.3, -0.25) is 0 Å². The fourth-order valence-corrected chi connectivity index (χ4v) is 2.55. The van der Waals surface area contributed by atoms with Gasteiger partial charge >= 0.3 is 0 Å². The largest absolute Gasteiger partial charge is 0.315 e. The van der Waals surface area contributed by atoms with E-state index in [1.165, 1.54) is 45.1 Å². The van der Waals surface area contributed by atoms with Gasteiger partial charge in [0.25, 0.3) is 0 Å². The summed E-state index contributed by atoms with van der Waals surface area (Å²) in [4.78, 5) is 0. The van der Waals surface area contributed by atoms with E-state index in [1.807, 2.05) is 0 Å². The van der Waals surface area contributed by atoms with Crippen LogP contribution in [0.5, 0.6) is 0 Å². The summed E-state index contributed by atoms with van der Waals surface area (Å²) in [5, 5.41) is 3.50. The Kier molecular flexibility index (Phi) is 5.54. The molecule has 1 atom stereocenters. The molecule has 14 heavy (non-hydrogen) atoms. The molecule has 1 rings (SSSR count). The van der Waals surface area contributed by atoms with E-state index in [4.69, 9.17) is 0 Å². The van der Waals surface area contributed by atoms with Gasteiger partial charge in [0, 0.05) is 6.04 Å². The Labute approximate surface area is 89.7 Å². The zero-order valence-corrected chi connectivity index (χ0v) is 10.2. The second-order valence-electron chi connectivity index (χ2n) is 5.39. The Morgan fingerprint density at radius 2 is 1.79 bits per heavy atom. The summed E-state index contributed by atoms with van der Waals surface area (Å²) in [5.41, 5.74) is 0. The number of hydrogen-bond donors (Lipinski definition) is 1. The van der Waals surface area contributed by atoms with Gasteiger partial charge < -0.3 is 5.32 Å². The van der Waals surface area contributed by atoms with Crippen molar-refractivity contribution in [1.82, 2.24) is 5.32 Å². The predicted molar refractivity (Wildman–Crippen MR) is 63.5 cm³/mol. The van der Waals surface area contributed by atoms with Crippen LogP contribution in [-0.4, -0.2) is 12.6 Å². The Morgan fingerprint density at radius 3 is 2.36 bits per heavy atom. The first-order valence-corrected chi connectivity index (χ1v) is 6.42. The topological polar surface area (TPSA) is 12.0 Å². The number of nitrogens with one attached hydrogen (secondary N) is 1. The summed E-state index contributed by atoms with van der Waals surface area (Å²) < 4.78 is 0. The van der Waals surface area contributed by atoms with Crippen LogP contribution in [0.15, 0.2) is 0 Å². The van der Waals surface area contributed by atoms with Crippen LogP contribution in [0.1, 0.15) is 59.3 Å². The minimum atomic E-state index is 0.647. The molecule has 1 N–H and O–H groups in total. The first kappa shape index (κ1) is 12.0. The van der Waals surface area contributed by atoms with Crippen molar-refractivity contribution in [2.24, 2.45) is 11.8 Å². The van der Waals surface area contributed by atoms with Gasteiger partial charge in [-0.2, -0.15) is 0 Å².